The van der Waals surface area contributed by atoms with Gasteiger partial charge in [-0.1, -0.05) is 39.0 Å². The van der Waals surface area contributed by atoms with E-state index < -0.39 is 0 Å². The van der Waals surface area contributed by atoms with Crippen molar-refractivity contribution >= 4 is 17.7 Å². The molecule has 202 valence electrons. The van der Waals surface area contributed by atoms with Crippen molar-refractivity contribution in [1.82, 2.24) is 0 Å². The van der Waals surface area contributed by atoms with Gasteiger partial charge in [-0.25, -0.2) is 4.79 Å². The summed E-state index contributed by atoms with van der Waals surface area (Å²) in [6.45, 7) is 6.93. The summed E-state index contributed by atoms with van der Waals surface area (Å²) in [4.78, 5) is 38.4. The van der Waals surface area contributed by atoms with E-state index in [-0.39, 0.29) is 28.9 Å². The quantitative estimate of drug-likeness (QED) is 0.403. The Morgan fingerprint density at radius 3 is 2.51 bits per heavy atom. The van der Waals surface area contributed by atoms with E-state index in [2.05, 4.69) is 20.8 Å². The van der Waals surface area contributed by atoms with E-state index in [1.165, 1.54) is 20.0 Å². The number of hydrogen-bond donors (Lipinski definition) is 0. The summed E-state index contributed by atoms with van der Waals surface area (Å²) in [5, 5.41) is 0. The second kappa shape index (κ2) is 10.2. The lowest BCUT2D eigenvalue weighted by atomic mass is 9.44. The lowest BCUT2D eigenvalue weighted by Gasteiger charge is -2.60. The van der Waals surface area contributed by atoms with E-state index in [9.17, 15) is 14.4 Å². The Labute approximate surface area is 222 Å². The van der Waals surface area contributed by atoms with Gasteiger partial charge in [-0.15, -0.1) is 0 Å². The van der Waals surface area contributed by atoms with Gasteiger partial charge in [0, 0.05) is 18.3 Å². The molecule has 1 aromatic carbocycles. The number of benzene rings is 1. The van der Waals surface area contributed by atoms with Crippen molar-refractivity contribution in [1.29, 1.82) is 0 Å². The molecule has 0 bridgehead atoms. The molecule has 5 heteroatoms. The van der Waals surface area contributed by atoms with E-state index >= 15 is 0 Å². The molecule has 0 unspecified atom stereocenters. The number of ketones is 1. The number of esters is 2. The second-order valence-corrected chi connectivity index (χ2v) is 13.0. The smallest absolute Gasteiger partial charge is 0.338 e. The lowest BCUT2D eigenvalue weighted by molar-refractivity contribution is -0.160. The van der Waals surface area contributed by atoms with Crippen LogP contribution in [0.1, 0.15) is 95.3 Å². The Morgan fingerprint density at radius 2 is 1.78 bits per heavy atom. The number of rotatable bonds is 6. The monoisotopic (exact) mass is 508 g/mol. The number of carbonyl (C=O) groups is 3. The van der Waals surface area contributed by atoms with Gasteiger partial charge in [0.2, 0.25) is 0 Å². The fraction of sp³-hybridized carbons (Fsp3) is 0.719. The van der Waals surface area contributed by atoms with Crippen LogP contribution in [0.15, 0.2) is 30.3 Å². The summed E-state index contributed by atoms with van der Waals surface area (Å²) in [5.74, 6) is 2.79. The van der Waals surface area contributed by atoms with Gasteiger partial charge in [0.15, 0.2) is 0 Å². The minimum absolute atomic E-state index is 0.0292. The van der Waals surface area contributed by atoms with Crippen LogP contribution >= 0.6 is 0 Å². The minimum atomic E-state index is -0.262. The molecule has 1 aromatic rings. The minimum Gasteiger partial charge on any atom is -0.469 e. The molecule has 4 aliphatic rings. The Hall–Kier alpha value is -2.17. The van der Waals surface area contributed by atoms with Gasteiger partial charge in [-0.05, 0) is 104 Å². The van der Waals surface area contributed by atoms with Gasteiger partial charge in [-0.2, -0.15) is 0 Å². The average molecular weight is 509 g/mol. The predicted octanol–water partition coefficient (Wildman–Crippen LogP) is 6.64. The lowest BCUT2D eigenvalue weighted by Crippen LogP contribution is -2.57. The van der Waals surface area contributed by atoms with Gasteiger partial charge in [-0.3, -0.25) is 9.59 Å². The van der Waals surface area contributed by atoms with E-state index in [1.54, 1.807) is 0 Å². The predicted molar refractivity (Wildman–Crippen MR) is 142 cm³/mol. The maximum absolute atomic E-state index is 14.0. The maximum Gasteiger partial charge on any atom is 0.338 e. The number of Topliss-reactive ketones (excluding diaryl/α,β-unsaturated/α-hetero) is 1. The first kappa shape index (κ1) is 26.4. The molecule has 9 atom stereocenters. The molecule has 0 N–H and O–H groups in total. The zero-order chi connectivity index (χ0) is 26.4. The standard InChI is InChI=1S/C32H44O5/c1-20(10-15-29(34)36-4)25-13-14-26-24-12-11-22-18-23(37-30(35)21-8-6-5-7-9-21)16-17-31(22,2)27(24)19-28(33)32(25,26)3/h5-9,20,22-27H,10-19H2,1-4H3/t20-,22+,23+,24+,25-,26+,27-,31-,32+/m0/s1. The van der Waals surface area contributed by atoms with Crippen molar-refractivity contribution in [3.8, 4) is 0 Å². The molecule has 37 heavy (non-hydrogen) atoms. The number of carbonyl (C=O) groups excluding carboxylic acids is 3. The second-order valence-electron chi connectivity index (χ2n) is 13.0. The number of hydrogen-bond acceptors (Lipinski definition) is 5. The summed E-state index contributed by atoms with van der Waals surface area (Å²) in [7, 11) is 1.45. The topological polar surface area (TPSA) is 69.7 Å². The van der Waals surface area contributed by atoms with E-state index in [1.807, 2.05) is 30.3 Å². The summed E-state index contributed by atoms with van der Waals surface area (Å²) < 4.78 is 10.8. The van der Waals surface area contributed by atoms with Crippen molar-refractivity contribution in [3.63, 3.8) is 0 Å². The zero-order valence-electron chi connectivity index (χ0n) is 23.0. The van der Waals surface area contributed by atoms with Crippen LogP contribution in [0.2, 0.25) is 0 Å². The highest BCUT2D eigenvalue weighted by atomic mass is 16.5. The third kappa shape index (κ3) is 4.55. The molecule has 0 aliphatic heterocycles. The molecule has 0 aromatic heterocycles. The Morgan fingerprint density at radius 1 is 1.03 bits per heavy atom. The molecule has 0 spiro atoms. The largest absolute Gasteiger partial charge is 0.469 e. The van der Waals surface area contributed by atoms with Crippen LogP contribution in [-0.2, 0) is 19.1 Å². The third-order valence-electron chi connectivity index (χ3n) is 11.6. The molecule has 5 nitrogen and oxygen atoms in total. The fourth-order valence-electron chi connectivity index (χ4n) is 9.42. The molecule has 0 radical (unpaired) electrons. The molecule has 4 fully saturated rings. The van der Waals surface area contributed by atoms with Gasteiger partial charge < -0.3 is 9.47 Å². The van der Waals surface area contributed by atoms with Crippen molar-refractivity contribution in [2.45, 2.75) is 91.1 Å². The summed E-state index contributed by atoms with van der Waals surface area (Å²) in [5.41, 5.74) is 0.500. The summed E-state index contributed by atoms with van der Waals surface area (Å²) in [6.07, 6.45) is 9.31. The molecule has 0 heterocycles. The van der Waals surface area contributed by atoms with Crippen molar-refractivity contribution < 1.29 is 23.9 Å². The van der Waals surface area contributed by atoms with E-state index in [0.29, 0.717) is 59.7 Å². The van der Waals surface area contributed by atoms with Crippen LogP contribution in [0.25, 0.3) is 0 Å². The molecular weight excluding hydrogens is 464 g/mol. The van der Waals surface area contributed by atoms with Gasteiger partial charge in [0.05, 0.1) is 12.7 Å². The normalized spacial score (nSPS) is 39.6. The van der Waals surface area contributed by atoms with Crippen LogP contribution in [0.4, 0.5) is 0 Å². The van der Waals surface area contributed by atoms with E-state index in [4.69, 9.17) is 9.47 Å². The van der Waals surface area contributed by atoms with Crippen LogP contribution in [-0.4, -0.2) is 30.9 Å². The number of fused-ring (bicyclic) bond motifs is 5. The van der Waals surface area contributed by atoms with Gasteiger partial charge in [0.25, 0.3) is 0 Å². The average Bonchev–Trinajstić information content (AvgIpc) is 3.27. The van der Waals surface area contributed by atoms with Crippen LogP contribution in [0.5, 0.6) is 0 Å². The SMILES string of the molecule is COC(=O)CC[C@H](C)[C@@H]1CC[C@@H]2[C@H]3CC[C@@H]4C[C@H](OC(=O)c5ccccc5)CC[C@]4(C)[C@H]3CC(=O)[C@@]21C. The van der Waals surface area contributed by atoms with Gasteiger partial charge >= 0.3 is 11.9 Å². The van der Waals surface area contributed by atoms with Crippen molar-refractivity contribution in [2.75, 3.05) is 7.11 Å². The third-order valence-corrected chi connectivity index (χ3v) is 11.6. The Bertz CT molecular complexity index is 1020. The molecule has 4 saturated carbocycles. The summed E-state index contributed by atoms with van der Waals surface area (Å²) in [6, 6.07) is 9.29. The number of ether oxygens (including phenoxy) is 2. The van der Waals surface area contributed by atoms with Crippen LogP contribution < -0.4 is 0 Å². The van der Waals surface area contributed by atoms with Crippen LogP contribution in [0, 0.1) is 46.3 Å². The Balaban J connectivity index is 1.27. The highest BCUT2D eigenvalue weighted by Crippen LogP contribution is 2.67. The first-order valence-corrected chi connectivity index (χ1v) is 14.5. The Kier molecular flexibility index (Phi) is 7.28. The number of methoxy groups -OCH3 is 1. The van der Waals surface area contributed by atoms with Crippen molar-refractivity contribution in [2.24, 2.45) is 46.3 Å². The first-order valence-electron chi connectivity index (χ1n) is 14.5. The maximum atomic E-state index is 14.0. The molecule has 5 rings (SSSR count). The highest BCUT2D eigenvalue weighted by molar-refractivity contribution is 5.89. The molecule has 0 amide bonds. The summed E-state index contributed by atoms with van der Waals surface area (Å²) >= 11 is 0. The van der Waals surface area contributed by atoms with E-state index in [0.717, 1.165) is 38.5 Å². The first-order chi connectivity index (χ1) is 17.7. The zero-order valence-corrected chi connectivity index (χ0v) is 23.0. The van der Waals surface area contributed by atoms with Crippen LogP contribution in [0.3, 0.4) is 0 Å². The highest BCUT2D eigenvalue weighted by Gasteiger charge is 2.64. The molecule has 0 saturated heterocycles. The van der Waals surface area contributed by atoms with Crippen molar-refractivity contribution in [3.05, 3.63) is 35.9 Å². The molecular formula is C32H44O5. The fourth-order valence-corrected chi connectivity index (χ4v) is 9.42. The molecule has 4 aliphatic carbocycles. The van der Waals surface area contributed by atoms with Gasteiger partial charge in [0.1, 0.15) is 11.9 Å².